The molecule has 1 aromatic carbocycles. The lowest BCUT2D eigenvalue weighted by Gasteiger charge is -2.34. The number of aryl methyl sites for hydroxylation is 2. The van der Waals surface area contributed by atoms with Crippen LogP contribution in [-0.4, -0.2) is 29.4 Å². The van der Waals surface area contributed by atoms with Crippen LogP contribution in [0, 0.1) is 12.3 Å². The van der Waals surface area contributed by atoms with Crippen molar-refractivity contribution < 1.29 is 19.7 Å². The minimum atomic E-state index is -0.315. The van der Waals surface area contributed by atoms with Crippen LogP contribution in [0.15, 0.2) is 12.1 Å². The van der Waals surface area contributed by atoms with Gasteiger partial charge >= 0.3 is 5.97 Å². The standard InChI is InChI=1S/C20H32O4/c1-14-11-15(7-8-17(22)24-10-9-21)12-16(18(14)23)20(5,6)13-19(2,3)4/h11-12,21,23H,7-10,13H2,1-6H3. The molecule has 4 heteroatoms. The van der Waals surface area contributed by atoms with Gasteiger partial charge in [0.1, 0.15) is 12.4 Å². The van der Waals surface area contributed by atoms with Crippen LogP contribution in [0.1, 0.15) is 64.2 Å². The number of benzene rings is 1. The summed E-state index contributed by atoms with van der Waals surface area (Å²) in [4.78, 5) is 11.6. The molecule has 0 bridgehead atoms. The van der Waals surface area contributed by atoms with Crippen LogP contribution in [0.2, 0.25) is 0 Å². The van der Waals surface area contributed by atoms with Gasteiger partial charge in [-0.05, 0) is 41.7 Å². The van der Waals surface area contributed by atoms with Crippen LogP contribution >= 0.6 is 0 Å². The lowest BCUT2D eigenvalue weighted by molar-refractivity contribution is -0.144. The molecule has 0 saturated heterocycles. The Bertz CT molecular complexity index is 568. The van der Waals surface area contributed by atoms with Gasteiger partial charge in [-0.2, -0.15) is 0 Å². The van der Waals surface area contributed by atoms with Crippen LogP contribution in [-0.2, 0) is 21.4 Å². The van der Waals surface area contributed by atoms with E-state index < -0.39 is 0 Å². The van der Waals surface area contributed by atoms with Crippen molar-refractivity contribution >= 4 is 5.97 Å². The SMILES string of the molecule is Cc1cc(CCC(=O)OCCO)cc(C(C)(C)CC(C)(C)C)c1O. The van der Waals surface area contributed by atoms with Crippen molar-refractivity contribution in [3.63, 3.8) is 0 Å². The fourth-order valence-electron chi connectivity index (χ4n) is 3.41. The fraction of sp³-hybridized carbons (Fsp3) is 0.650. The average molecular weight is 336 g/mol. The molecule has 136 valence electrons. The summed E-state index contributed by atoms with van der Waals surface area (Å²) < 4.78 is 4.89. The first-order valence-corrected chi connectivity index (χ1v) is 8.56. The maximum Gasteiger partial charge on any atom is 0.306 e. The highest BCUT2D eigenvalue weighted by Gasteiger charge is 2.30. The molecule has 1 aromatic rings. The van der Waals surface area contributed by atoms with E-state index in [0.717, 1.165) is 23.1 Å². The van der Waals surface area contributed by atoms with Crippen LogP contribution in [0.3, 0.4) is 0 Å². The van der Waals surface area contributed by atoms with Gasteiger partial charge in [-0.15, -0.1) is 0 Å². The molecule has 0 unspecified atom stereocenters. The highest BCUT2D eigenvalue weighted by atomic mass is 16.5. The number of hydrogen-bond donors (Lipinski definition) is 2. The van der Waals surface area contributed by atoms with E-state index >= 15 is 0 Å². The molecule has 0 aliphatic heterocycles. The summed E-state index contributed by atoms with van der Waals surface area (Å²) in [5.74, 6) is 0.0288. The Kier molecular flexibility index (Phi) is 6.85. The lowest BCUT2D eigenvalue weighted by Crippen LogP contribution is -2.25. The van der Waals surface area contributed by atoms with Gasteiger partial charge in [0.25, 0.3) is 0 Å². The number of ether oxygens (including phenoxy) is 1. The predicted octanol–water partition coefficient (Wildman–Crippen LogP) is 3.88. The summed E-state index contributed by atoms with van der Waals surface area (Å²) in [6.07, 6.45) is 1.77. The second kappa shape index (κ2) is 8.02. The fourth-order valence-corrected chi connectivity index (χ4v) is 3.41. The maximum absolute atomic E-state index is 11.6. The van der Waals surface area contributed by atoms with E-state index in [9.17, 15) is 9.90 Å². The zero-order valence-electron chi connectivity index (χ0n) is 15.9. The number of phenolic OH excluding ortho intramolecular Hbond substituents is 1. The summed E-state index contributed by atoms with van der Waals surface area (Å²) in [6.45, 7) is 12.6. The molecule has 1 rings (SSSR count). The van der Waals surface area contributed by atoms with Crippen LogP contribution in [0.4, 0.5) is 0 Å². The summed E-state index contributed by atoms with van der Waals surface area (Å²) >= 11 is 0. The highest BCUT2D eigenvalue weighted by molar-refractivity contribution is 5.69. The number of carbonyl (C=O) groups excluding carboxylic acids is 1. The smallest absolute Gasteiger partial charge is 0.306 e. The topological polar surface area (TPSA) is 66.8 Å². The van der Waals surface area contributed by atoms with Crippen LogP contribution in [0.5, 0.6) is 5.75 Å². The van der Waals surface area contributed by atoms with Crippen LogP contribution < -0.4 is 0 Å². The van der Waals surface area contributed by atoms with Gasteiger partial charge in [0.2, 0.25) is 0 Å². The zero-order chi connectivity index (χ0) is 18.5. The molecule has 0 radical (unpaired) electrons. The van der Waals surface area contributed by atoms with Crippen molar-refractivity contribution in [2.45, 2.75) is 66.2 Å². The zero-order valence-corrected chi connectivity index (χ0v) is 15.9. The molecule has 0 atom stereocenters. The molecule has 0 amide bonds. The third-order valence-electron chi connectivity index (χ3n) is 4.03. The van der Waals surface area contributed by atoms with Gasteiger partial charge in [0.15, 0.2) is 0 Å². The minimum Gasteiger partial charge on any atom is -0.507 e. The van der Waals surface area contributed by atoms with E-state index in [1.54, 1.807) is 0 Å². The van der Waals surface area contributed by atoms with Gasteiger partial charge in [0.05, 0.1) is 6.61 Å². The summed E-state index contributed by atoms with van der Waals surface area (Å²) in [7, 11) is 0. The first-order valence-electron chi connectivity index (χ1n) is 8.56. The number of hydrogen-bond acceptors (Lipinski definition) is 4. The van der Waals surface area contributed by atoms with Gasteiger partial charge in [0, 0.05) is 12.0 Å². The first-order chi connectivity index (χ1) is 11.0. The molecule has 0 aromatic heterocycles. The molecule has 0 saturated carbocycles. The van der Waals surface area contributed by atoms with Crippen molar-refractivity contribution in [2.75, 3.05) is 13.2 Å². The number of aliphatic hydroxyl groups excluding tert-OH is 1. The molecular formula is C20H32O4. The third kappa shape index (κ3) is 6.16. The number of rotatable bonds is 7. The van der Waals surface area contributed by atoms with Crippen molar-refractivity contribution in [1.29, 1.82) is 0 Å². The molecule has 4 nitrogen and oxygen atoms in total. The summed E-state index contributed by atoms with van der Waals surface area (Å²) in [6, 6.07) is 3.93. The molecule has 24 heavy (non-hydrogen) atoms. The summed E-state index contributed by atoms with van der Waals surface area (Å²) in [5.41, 5.74) is 2.75. The Morgan fingerprint density at radius 2 is 1.79 bits per heavy atom. The quantitative estimate of drug-likeness (QED) is 0.742. The van der Waals surface area contributed by atoms with Gasteiger partial charge < -0.3 is 14.9 Å². The normalized spacial score (nSPS) is 12.3. The molecule has 0 spiro atoms. The Balaban J connectivity index is 2.99. The Labute approximate surface area is 145 Å². The van der Waals surface area contributed by atoms with Crippen molar-refractivity contribution in [3.8, 4) is 5.75 Å². The number of phenols is 1. The monoisotopic (exact) mass is 336 g/mol. The average Bonchev–Trinajstić information content (AvgIpc) is 2.43. The van der Waals surface area contributed by atoms with E-state index in [1.807, 2.05) is 19.1 Å². The number of aromatic hydroxyl groups is 1. The van der Waals surface area contributed by atoms with E-state index in [1.165, 1.54) is 0 Å². The third-order valence-corrected chi connectivity index (χ3v) is 4.03. The van der Waals surface area contributed by atoms with Crippen molar-refractivity contribution in [1.82, 2.24) is 0 Å². The lowest BCUT2D eigenvalue weighted by atomic mass is 9.71. The second-order valence-corrected chi connectivity index (χ2v) is 8.37. The number of esters is 1. The number of carbonyl (C=O) groups is 1. The largest absolute Gasteiger partial charge is 0.507 e. The Morgan fingerprint density at radius 1 is 1.17 bits per heavy atom. The van der Waals surface area contributed by atoms with E-state index in [0.29, 0.717) is 12.2 Å². The van der Waals surface area contributed by atoms with Crippen molar-refractivity contribution in [2.24, 2.45) is 5.41 Å². The number of aliphatic hydroxyl groups is 1. The maximum atomic E-state index is 11.6. The first kappa shape index (κ1) is 20.5. The Morgan fingerprint density at radius 3 is 2.33 bits per heavy atom. The molecular weight excluding hydrogens is 304 g/mol. The molecule has 0 heterocycles. The molecule has 0 aliphatic carbocycles. The van der Waals surface area contributed by atoms with Crippen molar-refractivity contribution in [3.05, 3.63) is 28.8 Å². The minimum absolute atomic E-state index is 0.0390. The van der Waals surface area contributed by atoms with E-state index in [2.05, 4.69) is 34.6 Å². The van der Waals surface area contributed by atoms with Gasteiger partial charge in [-0.25, -0.2) is 0 Å². The van der Waals surface area contributed by atoms with E-state index in [-0.39, 0.29) is 36.4 Å². The Hall–Kier alpha value is -1.55. The predicted molar refractivity (Wildman–Crippen MR) is 96.3 cm³/mol. The second-order valence-electron chi connectivity index (χ2n) is 8.37. The highest BCUT2D eigenvalue weighted by Crippen LogP contribution is 2.41. The molecule has 0 fully saturated rings. The van der Waals surface area contributed by atoms with Gasteiger partial charge in [-0.3, -0.25) is 4.79 Å². The molecule has 0 aliphatic rings. The molecule has 2 N–H and O–H groups in total. The van der Waals surface area contributed by atoms with Crippen LogP contribution in [0.25, 0.3) is 0 Å². The van der Waals surface area contributed by atoms with Gasteiger partial charge in [-0.1, -0.05) is 46.8 Å². The summed E-state index contributed by atoms with van der Waals surface area (Å²) in [5, 5.41) is 19.2. The van der Waals surface area contributed by atoms with E-state index in [4.69, 9.17) is 9.84 Å².